The Hall–Kier alpha value is -0.940. The van der Waals surface area contributed by atoms with E-state index in [9.17, 15) is 4.79 Å². The smallest absolute Gasteiger partial charge is 0.186 e. The quantitative estimate of drug-likeness (QED) is 0.717. The lowest BCUT2D eigenvalue weighted by Gasteiger charge is -2.26. The van der Waals surface area contributed by atoms with Crippen LogP contribution in [0.2, 0.25) is 0 Å². The Morgan fingerprint density at radius 3 is 2.81 bits per heavy atom. The van der Waals surface area contributed by atoms with Crippen LogP contribution >= 0.6 is 11.3 Å². The second kappa shape index (κ2) is 5.96. The first-order valence-electron chi connectivity index (χ1n) is 5.32. The summed E-state index contributed by atoms with van der Waals surface area (Å²) in [5.74, 6) is 0.0687. The van der Waals surface area contributed by atoms with Gasteiger partial charge in [-0.05, 0) is 13.8 Å². The first-order valence-corrected chi connectivity index (χ1v) is 6.14. The Morgan fingerprint density at radius 2 is 2.38 bits per heavy atom. The van der Waals surface area contributed by atoms with E-state index >= 15 is 0 Å². The number of aromatic nitrogens is 1. The molecule has 1 unspecified atom stereocenters. The third-order valence-electron chi connectivity index (χ3n) is 2.37. The van der Waals surface area contributed by atoms with Crippen LogP contribution in [0, 0.1) is 0 Å². The fourth-order valence-electron chi connectivity index (χ4n) is 1.53. The van der Waals surface area contributed by atoms with Gasteiger partial charge in [-0.1, -0.05) is 11.3 Å². The molecule has 0 N–H and O–H groups in total. The molecule has 0 saturated heterocycles. The van der Waals surface area contributed by atoms with Gasteiger partial charge in [0, 0.05) is 20.6 Å². The standard InChI is InChI=1S/C11H18N2O2S/c1-5-13(8(2)7-15-4)11-12-6-10(16-11)9(3)14/h6,8H,5,7H2,1-4H3. The van der Waals surface area contributed by atoms with Crippen molar-refractivity contribution in [3.8, 4) is 0 Å². The molecule has 1 aromatic heterocycles. The van der Waals surface area contributed by atoms with Crippen molar-refractivity contribution in [2.75, 3.05) is 25.2 Å². The van der Waals surface area contributed by atoms with Gasteiger partial charge in [0.15, 0.2) is 10.9 Å². The minimum absolute atomic E-state index is 0.0687. The summed E-state index contributed by atoms with van der Waals surface area (Å²) in [6, 6.07) is 0.265. The summed E-state index contributed by atoms with van der Waals surface area (Å²) in [5, 5.41) is 0.886. The summed E-state index contributed by atoms with van der Waals surface area (Å²) in [7, 11) is 1.69. The van der Waals surface area contributed by atoms with Gasteiger partial charge in [0.05, 0.1) is 23.7 Å². The normalized spacial score (nSPS) is 12.5. The van der Waals surface area contributed by atoms with E-state index in [0.29, 0.717) is 11.5 Å². The molecule has 0 radical (unpaired) electrons. The van der Waals surface area contributed by atoms with E-state index in [1.807, 2.05) is 0 Å². The van der Waals surface area contributed by atoms with Crippen LogP contribution in [-0.2, 0) is 4.74 Å². The van der Waals surface area contributed by atoms with Crippen molar-refractivity contribution < 1.29 is 9.53 Å². The van der Waals surface area contributed by atoms with E-state index in [4.69, 9.17) is 4.74 Å². The lowest BCUT2D eigenvalue weighted by atomic mass is 10.3. The molecule has 90 valence electrons. The van der Waals surface area contributed by atoms with Crippen molar-refractivity contribution in [1.29, 1.82) is 0 Å². The van der Waals surface area contributed by atoms with Crippen molar-refractivity contribution >= 4 is 22.3 Å². The lowest BCUT2D eigenvalue weighted by Crippen LogP contribution is -2.35. The number of methoxy groups -OCH3 is 1. The molecule has 0 fully saturated rings. The van der Waals surface area contributed by atoms with Gasteiger partial charge in [0.2, 0.25) is 0 Å². The zero-order valence-electron chi connectivity index (χ0n) is 10.2. The average Bonchev–Trinajstić information content (AvgIpc) is 2.68. The van der Waals surface area contributed by atoms with Crippen molar-refractivity contribution in [2.45, 2.75) is 26.8 Å². The van der Waals surface area contributed by atoms with Crippen LogP contribution in [0.25, 0.3) is 0 Å². The molecule has 16 heavy (non-hydrogen) atoms. The maximum atomic E-state index is 11.2. The van der Waals surface area contributed by atoms with Gasteiger partial charge in [0.1, 0.15) is 0 Å². The number of rotatable bonds is 6. The number of carbonyl (C=O) groups is 1. The number of hydrogen-bond acceptors (Lipinski definition) is 5. The largest absolute Gasteiger partial charge is 0.383 e. The molecule has 0 aliphatic heterocycles. The first-order chi connectivity index (χ1) is 7.60. The number of anilines is 1. The van der Waals surface area contributed by atoms with Crippen LogP contribution in [-0.4, -0.2) is 37.1 Å². The van der Waals surface area contributed by atoms with Crippen molar-refractivity contribution in [1.82, 2.24) is 4.98 Å². The molecule has 4 nitrogen and oxygen atoms in total. The highest BCUT2D eigenvalue weighted by molar-refractivity contribution is 7.17. The topological polar surface area (TPSA) is 42.4 Å². The Balaban J connectivity index is 2.82. The molecular weight excluding hydrogens is 224 g/mol. The van der Waals surface area contributed by atoms with Crippen molar-refractivity contribution in [2.24, 2.45) is 0 Å². The predicted octanol–water partition coefficient (Wildman–Crippen LogP) is 2.21. The van der Waals surface area contributed by atoms with Gasteiger partial charge in [-0.15, -0.1) is 0 Å². The van der Waals surface area contributed by atoms with Crippen LogP contribution in [0.5, 0.6) is 0 Å². The van der Waals surface area contributed by atoms with Gasteiger partial charge in [-0.2, -0.15) is 0 Å². The van der Waals surface area contributed by atoms with Crippen LogP contribution in [0.3, 0.4) is 0 Å². The summed E-state index contributed by atoms with van der Waals surface area (Å²) in [6.45, 7) is 7.23. The van der Waals surface area contributed by atoms with Gasteiger partial charge >= 0.3 is 0 Å². The SMILES string of the molecule is CCN(c1ncc(C(C)=O)s1)C(C)COC. The Labute approximate surface area is 100 Å². The molecule has 1 atom stereocenters. The molecule has 0 saturated carbocycles. The zero-order valence-corrected chi connectivity index (χ0v) is 11.0. The number of likely N-dealkylation sites (N-methyl/N-ethyl adjacent to an activating group) is 1. The molecule has 0 spiro atoms. The molecule has 0 aliphatic rings. The van der Waals surface area contributed by atoms with Crippen molar-refractivity contribution in [3.63, 3.8) is 0 Å². The highest BCUT2D eigenvalue weighted by Crippen LogP contribution is 2.24. The summed E-state index contributed by atoms with van der Waals surface area (Å²) in [4.78, 5) is 18.3. The van der Waals surface area contributed by atoms with Crippen LogP contribution in [0.15, 0.2) is 6.20 Å². The number of thiazole rings is 1. The van der Waals surface area contributed by atoms with Crippen LogP contribution in [0.1, 0.15) is 30.4 Å². The number of Topliss-reactive ketones (excluding diaryl/α,β-unsaturated/α-hetero) is 1. The van der Waals surface area contributed by atoms with E-state index in [0.717, 1.165) is 11.7 Å². The summed E-state index contributed by atoms with van der Waals surface area (Å²) in [6.07, 6.45) is 1.64. The molecule has 5 heteroatoms. The molecule has 0 aromatic carbocycles. The monoisotopic (exact) mass is 242 g/mol. The van der Waals surface area contributed by atoms with Gasteiger partial charge in [0.25, 0.3) is 0 Å². The number of ketones is 1. The first kappa shape index (κ1) is 13.1. The third-order valence-corrected chi connectivity index (χ3v) is 3.50. The molecule has 0 bridgehead atoms. The summed E-state index contributed by atoms with van der Waals surface area (Å²) < 4.78 is 5.13. The molecule has 0 amide bonds. The van der Waals surface area contributed by atoms with Crippen molar-refractivity contribution in [3.05, 3.63) is 11.1 Å². The maximum absolute atomic E-state index is 11.2. The van der Waals surface area contributed by atoms with E-state index in [1.54, 1.807) is 20.2 Å². The summed E-state index contributed by atoms with van der Waals surface area (Å²) in [5.41, 5.74) is 0. The second-order valence-electron chi connectivity index (χ2n) is 3.65. The van der Waals surface area contributed by atoms with E-state index in [1.165, 1.54) is 11.3 Å². The van der Waals surface area contributed by atoms with Gasteiger partial charge in [-0.25, -0.2) is 4.98 Å². The summed E-state index contributed by atoms with van der Waals surface area (Å²) >= 11 is 1.44. The number of ether oxygens (including phenoxy) is 1. The average molecular weight is 242 g/mol. The van der Waals surface area contributed by atoms with E-state index in [2.05, 4.69) is 23.7 Å². The number of hydrogen-bond donors (Lipinski definition) is 0. The molecule has 1 rings (SSSR count). The fourth-order valence-corrected chi connectivity index (χ4v) is 2.50. The lowest BCUT2D eigenvalue weighted by molar-refractivity contribution is 0.102. The molecule has 1 aromatic rings. The van der Waals surface area contributed by atoms with Gasteiger partial charge in [-0.3, -0.25) is 4.79 Å². The van der Waals surface area contributed by atoms with E-state index in [-0.39, 0.29) is 11.8 Å². The Kier molecular flexibility index (Phi) is 4.89. The van der Waals surface area contributed by atoms with Crippen LogP contribution < -0.4 is 4.90 Å². The third kappa shape index (κ3) is 3.02. The Morgan fingerprint density at radius 1 is 1.69 bits per heavy atom. The maximum Gasteiger partial charge on any atom is 0.186 e. The van der Waals surface area contributed by atoms with Crippen LogP contribution in [0.4, 0.5) is 5.13 Å². The zero-order chi connectivity index (χ0) is 12.1. The minimum atomic E-state index is 0.0687. The number of nitrogens with zero attached hydrogens (tertiary/aromatic N) is 2. The highest BCUT2D eigenvalue weighted by Gasteiger charge is 2.16. The molecular formula is C11H18N2O2S. The predicted molar refractivity (Wildman–Crippen MR) is 66.5 cm³/mol. The van der Waals surface area contributed by atoms with E-state index < -0.39 is 0 Å². The van der Waals surface area contributed by atoms with Gasteiger partial charge < -0.3 is 9.64 Å². The minimum Gasteiger partial charge on any atom is -0.383 e. The fraction of sp³-hybridized carbons (Fsp3) is 0.636. The molecule has 0 aliphatic carbocycles. The highest BCUT2D eigenvalue weighted by atomic mass is 32.1. The molecule has 1 heterocycles. The number of carbonyl (C=O) groups excluding carboxylic acids is 1. The Bertz CT molecular complexity index is 352. The second-order valence-corrected chi connectivity index (χ2v) is 4.66.